The second-order valence-electron chi connectivity index (χ2n) is 5.28. The summed E-state index contributed by atoms with van der Waals surface area (Å²) in [6.07, 6.45) is 2.04. The highest BCUT2D eigenvalue weighted by atomic mass is 19.1. The molecule has 2 rings (SSSR count). The average Bonchev–Trinajstić information content (AvgIpc) is 2.36. The second kappa shape index (κ2) is 6.33. The third-order valence-electron chi connectivity index (χ3n) is 3.40. The molecule has 0 aliphatic carbocycles. The Morgan fingerprint density at radius 2 is 2.05 bits per heavy atom. The Kier molecular flexibility index (Phi) is 4.73. The van der Waals surface area contributed by atoms with Gasteiger partial charge in [0.05, 0.1) is 30.5 Å². The average molecular weight is 282 g/mol. The molecule has 5 heteroatoms. The molecule has 1 saturated heterocycles. The fourth-order valence-electron chi connectivity index (χ4n) is 2.52. The van der Waals surface area contributed by atoms with Crippen molar-refractivity contribution in [2.75, 3.05) is 0 Å². The van der Waals surface area contributed by atoms with Crippen LogP contribution in [0, 0.1) is 5.82 Å². The Labute approximate surface area is 117 Å². The van der Waals surface area contributed by atoms with Crippen LogP contribution < -0.4 is 0 Å². The first-order chi connectivity index (χ1) is 9.45. The lowest BCUT2D eigenvalue weighted by molar-refractivity contribution is -0.106. The van der Waals surface area contributed by atoms with Crippen LogP contribution in [0.25, 0.3) is 0 Å². The van der Waals surface area contributed by atoms with Crippen molar-refractivity contribution in [3.63, 3.8) is 0 Å². The standard InChI is InChI=1S/C15H19FO4/c1-9-5-12(6-10(2)20-9)19-8-11-3-4-14(16)13(7-11)15(17)18/h3-4,7,9-10,12H,5-6,8H2,1-2H3,(H,17,18). The summed E-state index contributed by atoms with van der Waals surface area (Å²) >= 11 is 0. The summed E-state index contributed by atoms with van der Waals surface area (Å²) in [6.45, 7) is 4.30. The molecular formula is C15H19FO4. The van der Waals surface area contributed by atoms with E-state index in [0.29, 0.717) is 5.56 Å². The van der Waals surface area contributed by atoms with Crippen molar-refractivity contribution in [3.8, 4) is 0 Å². The minimum absolute atomic E-state index is 0.0899. The van der Waals surface area contributed by atoms with Crippen LogP contribution >= 0.6 is 0 Å². The highest BCUT2D eigenvalue weighted by Gasteiger charge is 2.25. The van der Waals surface area contributed by atoms with Gasteiger partial charge in [0.2, 0.25) is 0 Å². The fourth-order valence-corrected chi connectivity index (χ4v) is 2.52. The number of carbonyl (C=O) groups is 1. The zero-order valence-corrected chi connectivity index (χ0v) is 11.6. The Hall–Kier alpha value is -1.46. The zero-order chi connectivity index (χ0) is 14.7. The third-order valence-corrected chi connectivity index (χ3v) is 3.40. The van der Waals surface area contributed by atoms with E-state index in [4.69, 9.17) is 14.6 Å². The van der Waals surface area contributed by atoms with E-state index in [0.717, 1.165) is 18.9 Å². The van der Waals surface area contributed by atoms with Gasteiger partial charge in [-0.1, -0.05) is 6.07 Å². The van der Waals surface area contributed by atoms with Crippen molar-refractivity contribution < 1.29 is 23.8 Å². The van der Waals surface area contributed by atoms with Gasteiger partial charge in [-0.05, 0) is 44.4 Å². The number of halogens is 1. The molecule has 20 heavy (non-hydrogen) atoms. The number of rotatable bonds is 4. The number of aromatic carboxylic acids is 1. The van der Waals surface area contributed by atoms with Crippen LogP contribution in [0.1, 0.15) is 42.6 Å². The van der Waals surface area contributed by atoms with E-state index >= 15 is 0 Å². The van der Waals surface area contributed by atoms with E-state index in [1.165, 1.54) is 6.07 Å². The van der Waals surface area contributed by atoms with Crippen molar-refractivity contribution in [2.45, 2.75) is 51.6 Å². The topological polar surface area (TPSA) is 55.8 Å². The summed E-state index contributed by atoms with van der Waals surface area (Å²) in [5.74, 6) is -1.99. The van der Waals surface area contributed by atoms with Crippen molar-refractivity contribution >= 4 is 5.97 Å². The van der Waals surface area contributed by atoms with Crippen molar-refractivity contribution in [1.29, 1.82) is 0 Å². The molecule has 1 N–H and O–H groups in total. The first-order valence-corrected chi connectivity index (χ1v) is 6.74. The molecule has 1 aromatic rings. The number of hydrogen-bond acceptors (Lipinski definition) is 3. The van der Waals surface area contributed by atoms with Crippen molar-refractivity contribution in [1.82, 2.24) is 0 Å². The monoisotopic (exact) mass is 282 g/mol. The molecule has 1 aliphatic heterocycles. The van der Waals surface area contributed by atoms with E-state index in [-0.39, 0.29) is 30.5 Å². The van der Waals surface area contributed by atoms with Gasteiger partial charge in [0.1, 0.15) is 5.82 Å². The van der Waals surface area contributed by atoms with Gasteiger partial charge in [-0.25, -0.2) is 9.18 Å². The Morgan fingerprint density at radius 3 is 2.65 bits per heavy atom. The molecule has 0 amide bonds. The predicted octanol–water partition coefficient (Wildman–Crippen LogP) is 3.00. The van der Waals surface area contributed by atoms with Gasteiger partial charge in [0.15, 0.2) is 0 Å². The lowest BCUT2D eigenvalue weighted by atomic mass is 10.0. The summed E-state index contributed by atoms with van der Waals surface area (Å²) in [5.41, 5.74) is 0.343. The zero-order valence-electron chi connectivity index (χ0n) is 11.6. The molecule has 0 spiro atoms. The van der Waals surface area contributed by atoms with Crippen LogP contribution in [0.3, 0.4) is 0 Å². The van der Waals surface area contributed by atoms with Crippen LogP contribution in [0.5, 0.6) is 0 Å². The molecule has 2 unspecified atom stereocenters. The SMILES string of the molecule is CC1CC(OCc2ccc(F)c(C(=O)O)c2)CC(C)O1. The summed E-state index contributed by atoms with van der Waals surface area (Å²) in [7, 11) is 0. The second-order valence-corrected chi connectivity index (χ2v) is 5.28. The quantitative estimate of drug-likeness (QED) is 0.922. The highest BCUT2D eigenvalue weighted by molar-refractivity contribution is 5.88. The maximum atomic E-state index is 13.3. The number of ether oxygens (including phenoxy) is 2. The summed E-state index contributed by atoms with van der Waals surface area (Å²) < 4.78 is 24.7. The lowest BCUT2D eigenvalue weighted by Crippen LogP contribution is -2.34. The van der Waals surface area contributed by atoms with Crippen molar-refractivity contribution in [3.05, 3.63) is 35.1 Å². The molecule has 0 saturated carbocycles. The van der Waals surface area contributed by atoms with E-state index in [2.05, 4.69) is 0 Å². The van der Waals surface area contributed by atoms with Gasteiger partial charge in [0.25, 0.3) is 0 Å². The van der Waals surface area contributed by atoms with Gasteiger partial charge < -0.3 is 14.6 Å². The number of benzene rings is 1. The van der Waals surface area contributed by atoms with Crippen molar-refractivity contribution in [2.24, 2.45) is 0 Å². The first-order valence-electron chi connectivity index (χ1n) is 6.74. The molecule has 0 bridgehead atoms. The number of carboxylic acid groups (broad SMARTS) is 1. The molecule has 0 aromatic heterocycles. The molecule has 110 valence electrons. The molecular weight excluding hydrogens is 263 g/mol. The fraction of sp³-hybridized carbons (Fsp3) is 0.533. The van der Waals surface area contributed by atoms with Gasteiger partial charge in [0, 0.05) is 0 Å². The molecule has 4 nitrogen and oxygen atoms in total. The maximum Gasteiger partial charge on any atom is 0.338 e. The Balaban J connectivity index is 1.97. The maximum absolute atomic E-state index is 13.3. The smallest absolute Gasteiger partial charge is 0.338 e. The summed E-state index contributed by atoms with van der Waals surface area (Å²) in [5, 5.41) is 8.88. The van der Waals surface area contributed by atoms with Crippen LogP contribution in [0.4, 0.5) is 4.39 Å². The third kappa shape index (κ3) is 3.77. The van der Waals surface area contributed by atoms with E-state index in [1.807, 2.05) is 13.8 Å². The lowest BCUT2D eigenvalue weighted by Gasteiger charge is -2.32. The molecule has 1 fully saturated rings. The van der Waals surface area contributed by atoms with Crippen LogP contribution in [0.2, 0.25) is 0 Å². The normalized spacial score (nSPS) is 26.4. The predicted molar refractivity (Wildman–Crippen MR) is 71.2 cm³/mol. The van der Waals surface area contributed by atoms with Gasteiger partial charge in [-0.2, -0.15) is 0 Å². The van der Waals surface area contributed by atoms with Gasteiger partial charge in [-0.3, -0.25) is 0 Å². The molecule has 1 aromatic carbocycles. The molecule has 2 atom stereocenters. The van der Waals surface area contributed by atoms with Gasteiger partial charge in [-0.15, -0.1) is 0 Å². The summed E-state index contributed by atoms with van der Waals surface area (Å²) in [4.78, 5) is 10.9. The molecule has 1 aliphatic rings. The first kappa shape index (κ1) is 14.9. The van der Waals surface area contributed by atoms with E-state index in [1.54, 1.807) is 6.07 Å². The highest BCUT2D eigenvalue weighted by Crippen LogP contribution is 2.23. The number of hydrogen-bond donors (Lipinski definition) is 1. The van der Waals surface area contributed by atoms with Gasteiger partial charge >= 0.3 is 5.97 Å². The Morgan fingerprint density at radius 1 is 1.40 bits per heavy atom. The number of carboxylic acids is 1. The largest absolute Gasteiger partial charge is 0.478 e. The Bertz CT molecular complexity index is 479. The van der Waals surface area contributed by atoms with Crippen LogP contribution in [-0.4, -0.2) is 29.4 Å². The minimum atomic E-state index is -1.27. The molecule has 1 heterocycles. The van der Waals surface area contributed by atoms with E-state index in [9.17, 15) is 9.18 Å². The van der Waals surface area contributed by atoms with E-state index < -0.39 is 11.8 Å². The molecule has 0 radical (unpaired) electrons. The van der Waals surface area contributed by atoms with Crippen LogP contribution in [0.15, 0.2) is 18.2 Å². The summed E-state index contributed by atoms with van der Waals surface area (Å²) in [6, 6.07) is 4.04. The minimum Gasteiger partial charge on any atom is -0.478 e. The van der Waals surface area contributed by atoms with Crippen LogP contribution in [-0.2, 0) is 16.1 Å².